The normalized spacial score (nSPS) is 37.0. The minimum absolute atomic E-state index is 0.179. The maximum Gasteiger partial charge on any atom is 0.137 e. The number of rotatable bonds is 5. The zero-order chi connectivity index (χ0) is 15.5. The predicted molar refractivity (Wildman–Crippen MR) is 88.8 cm³/mol. The summed E-state index contributed by atoms with van der Waals surface area (Å²) in [6.07, 6.45) is 6.95. The molecule has 2 unspecified atom stereocenters. The molecule has 2 aliphatic heterocycles. The Labute approximate surface area is 133 Å². The van der Waals surface area contributed by atoms with Gasteiger partial charge in [-0.2, -0.15) is 0 Å². The number of nitrogens with zero attached hydrogens (tertiary/aromatic N) is 3. The molecule has 0 amide bonds. The Balaban J connectivity index is 1.40. The van der Waals surface area contributed by atoms with Gasteiger partial charge in [0.25, 0.3) is 0 Å². The van der Waals surface area contributed by atoms with E-state index < -0.39 is 0 Å². The number of nitrogens with two attached hydrogens (primary N) is 1. The van der Waals surface area contributed by atoms with Crippen LogP contribution in [0.2, 0.25) is 0 Å². The predicted octanol–water partition coefficient (Wildman–Crippen LogP) is 1.67. The van der Waals surface area contributed by atoms with Gasteiger partial charge in [-0.25, -0.2) is 4.39 Å². The van der Waals surface area contributed by atoms with Crippen molar-refractivity contribution >= 4 is 6.21 Å². The first-order valence-corrected chi connectivity index (χ1v) is 8.72. The number of hydrogen-bond donors (Lipinski definition) is 1. The minimum atomic E-state index is -0.179. The van der Waals surface area contributed by atoms with Crippen LogP contribution in [-0.4, -0.2) is 67.4 Å². The fourth-order valence-electron chi connectivity index (χ4n) is 3.97. The summed E-state index contributed by atoms with van der Waals surface area (Å²) in [5.74, 6) is 0.901. The monoisotopic (exact) mass is 308 g/mol. The molecule has 1 saturated carbocycles. The summed E-state index contributed by atoms with van der Waals surface area (Å²) < 4.78 is 13.4. The number of piperazine rings is 1. The van der Waals surface area contributed by atoms with Crippen molar-refractivity contribution in [3.8, 4) is 0 Å². The molecule has 0 radical (unpaired) electrons. The molecule has 3 rings (SSSR count). The van der Waals surface area contributed by atoms with Gasteiger partial charge in [-0.05, 0) is 44.7 Å². The van der Waals surface area contributed by atoms with Gasteiger partial charge in [0.05, 0.1) is 12.3 Å². The topological polar surface area (TPSA) is 44.9 Å². The molecule has 5 heteroatoms. The Morgan fingerprint density at radius 1 is 1.27 bits per heavy atom. The van der Waals surface area contributed by atoms with Crippen molar-refractivity contribution in [2.24, 2.45) is 22.6 Å². The minimum Gasteiger partial charge on any atom is -0.330 e. The lowest BCUT2D eigenvalue weighted by Crippen LogP contribution is -2.55. The molecule has 4 nitrogen and oxygen atoms in total. The molecular formula is C17H29FN4. The SMILES string of the molecule is CC1N=CC(F)=CC1CN1CCN(C2CC(CCN)C2)CC1. The summed E-state index contributed by atoms with van der Waals surface area (Å²) in [7, 11) is 0. The number of aliphatic imine (C=N–C) groups is 1. The Kier molecular flexibility index (Phi) is 5.26. The highest BCUT2D eigenvalue weighted by molar-refractivity contribution is 5.76. The maximum absolute atomic E-state index is 13.4. The molecule has 0 aromatic heterocycles. The van der Waals surface area contributed by atoms with E-state index in [-0.39, 0.29) is 17.8 Å². The van der Waals surface area contributed by atoms with Gasteiger partial charge < -0.3 is 10.6 Å². The molecule has 2 N–H and O–H groups in total. The number of hydrogen-bond acceptors (Lipinski definition) is 4. The first-order valence-electron chi connectivity index (χ1n) is 8.72. The summed E-state index contributed by atoms with van der Waals surface area (Å²) in [6.45, 7) is 8.33. The molecule has 0 aromatic carbocycles. The second-order valence-electron chi connectivity index (χ2n) is 7.14. The summed E-state index contributed by atoms with van der Waals surface area (Å²) in [5.41, 5.74) is 5.63. The molecule has 2 fully saturated rings. The summed E-state index contributed by atoms with van der Waals surface area (Å²) in [5, 5.41) is 0. The van der Waals surface area contributed by atoms with E-state index >= 15 is 0 Å². The first kappa shape index (κ1) is 16.1. The highest BCUT2D eigenvalue weighted by Crippen LogP contribution is 2.34. The molecule has 22 heavy (non-hydrogen) atoms. The van der Waals surface area contributed by atoms with E-state index in [4.69, 9.17) is 5.73 Å². The van der Waals surface area contributed by atoms with Crippen molar-refractivity contribution in [1.29, 1.82) is 0 Å². The van der Waals surface area contributed by atoms with E-state index in [0.717, 1.165) is 51.2 Å². The van der Waals surface area contributed by atoms with Crippen molar-refractivity contribution in [2.45, 2.75) is 38.3 Å². The van der Waals surface area contributed by atoms with Crippen molar-refractivity contribution in [3.63, 3.8) is 0 Å². The molecule has 2 atom stereocenters. The van der Waals surface area contributed by atoms with Crippen LogP contribution in [0.1, 0.15) is 26.2 Å². The number of halogens is 1. The van der Waals surface area contributed by atoms with Gasteiger partial charge in [0.2, 0.25) is 0 Å². The first-order chi connectivity index (χ1) is 10.7. The van der Waals surface area contributed by atoms with Crippen molar-refractivity contribution in [3.05, 3.63) is 11.9 Å². The number of dihydropyridines is 1. The lowest BCUT2D eigenvalue weighted by molar-refractivity contribution is 0.0282. The highest BCUT2D eigenvalue weighted by Gasteiger charge is 2.34. The fourth-order valence-corrected chi connectivity index (χ4v) is 3.97. The van der Waals surface area contributed by atoms with Crippen LogP contribution in [0.4, 0.5) is 4.39 Å². The number of allylic oxidation sites excluding steroid dienone is 1. The van der Waals surface area contributed by atoms with E-state index in [9.17, 15) is 4.39 Å². The molecular weight excluding hydrogens is 279 g/mol. The van der Waals surface area contributed by atoms with E-state index in [1.54, 1.807) is 6.08 Å². The van der Waals surface area contributed by atoms with Crippen LogP contribution in [0, 0.1) is 11.8 Å². The van der Waals surface area contributed by atoms with E-state index in [1.807, 2.05) is 0 Å². The average molecular weight is 308 g/mol. The molecule has 124 valence electrons. The van der Waals surface area contributed by atoms with E-state index in [1.165, 1.54) is 25.5 Å². The van der Waals surface area contributed by atoms with Crippen LogP contribution in [-0.2, 0) is 0 Å². The third-order valence-electron chi connectivity index (χ3n) is 5.60. The van der Waals surface area contributed by atoms with Crippen LogP contribution >= 0.6 is 0 Å². The van der Waals surface area contributed by atoms with E-state index in [2.05, 4.69) is 21.7 Å². The average Bonchev–Trinajstić information content (AvgIpc) is 2.47. The molecule has 1 saturated heterocycles. The molecule has 0 aromatic rings. The van der Waals surface area contributed by atoms with Crippen LogP contribution in [0.25, 0.3) is 0 Å². The van der Waals surface area contributed by atoms with Crippen molar-refractivity contribution in [2.75, 3.05) is 39.3 Å². The lowest BCUT2D eigenvalue weighted by Gasteiger charge is -2.47. The lowest BCUT2D eigenvalue weighted by atomic mass is 9.77. The second-order valence-corrected chi connectivity index (χ2v) is 7.14. The zero-order valence-electron chi connectivity index (χ0n) is 13.6. The summed E-state index contributed by atoms with van der Waals surface area (Å²) >= 11 is 0. The highest BCUT2D eigenvalue weighted by atomic mass is 19.1. The Morgan fingerprint density at radius 3 is 2.68 bits per heavy atom. The smallest absolute Gasteiger partial charge is 0.137 e. The Hall–Kier alpha value is -0.780. The summed E-state index contributed by atoms with van der Waals surface area (Å²) in [6, 6.07) is 0.982. The zero-order valence-corrected chi connectivity index (χ0v) is 13.6. The van der Waals surface area contributed by atoms with Crippen molar-refractivity contribution in [1.82, 2.24) is 9.80 Å². The maximum atomic E-state index is 13.4. The Bertz CT molecular complexity index is 422. The summed E-state index contributed by atoms with van der Waals surface area (Å²) in [4.78, 5) is 9.35. The van der Waals surface area contributed by atoms with Gasteiger partial charge >= 0.3 is 0 Å². The van der Waals surface area contributed by atoms with Crippen LogP contribution in [0.3, 0.4) is 0 Å². The van der Waals surface area contributed by atoms with Crippen LogP contribution < -0.4 is 5.73 Å². The van der Waals surface area contributed by atoms with Gasteiger partial charge in [0.15, 0.2) is 0 Å². The van der Waals surface area contributed by atoms with E-state index in [0.29, 0.717) is 0 Å². The molecule has 0 spiro atoms. The molecule has 3 aliphatic rings. The quantitative estimate of drug-likeness (QED) is 0.840. The van der Waals surface area contributed by atoms with Gasteiger partial charge in [0.1, 0.15) is 5.83 Å². The van der Waals surface area contributed by atoms with Crippen LogP contribution in [0.15, 0.2) is 16.9 Å². The standard InChI is InChI=1S/C17H29FN4/c1-13-15(10-16(18)11-20-13)12-21-4-6-22(7-5-21)17-8-14(9-17)2-3-19/h10-11,13-15,17H,2-9,12,19H2,1H3. The molecule has 1 aliphatic carbocycles. The molecule has 2 heterocycles. The van der Waals surface area contributed by atoms with Gasteiger partial charge in [-0.15, -0.1) is 0 Å². The third kappa shape index (κ3) is 3.76. The van der Waals surface area contributed by atoms with Crippen molar-refractivity contribution < 1.29 is 4.39 Å². The van der Waals surface area contributed by atoms with Crippen LogP contribution in [0.5, 0.6) is 0 Å². The van der Waals surface area contributed by atoms with Gasteiger partial charge in [-0.3, -0.25) is 9.89 Å². The Morgan fingerprint density at radius 2 is 2.00 bits per heavy atom. The largest absolute Gasteiger partial charge is 0.330 e. The van der Waals surface area contributed by atoms with Gasteiger partial charge in [0, 0.05) is 44.7 Å². The molecule has 0 bridgehead atoms. The fraction of sp³-hybridized carbons (Fsp3) is 0.824. The van der Waals surface area contributed by atoms with Gasteiger partial charge in [-0.1, -0.05) is 0 Å². The second kappa shape index (κ2) is 7.20. The third-order valence-corrected chi connectivity index (χ3v) is 5.60.